The van der Waals surface area contributed by atoms with Crippen molar-refractivity contribution < 1.29 is 8.83 Å². The molecule has 0 saturated carbocycles. The summed E-state index contributed by atoms with van der Waals surface area (Å²) in [5.74, 6) is 0.651. The predicted molar refractivity (Wildman–Crippen MR) is 262 cm³/mol. The van der Waals surface area contributed by atoms with Crippen molar-refractivity contribution >= 4 is 65.6 Å². The van der Waals surface area contributed by atoms with Crippen LogP contribution in [0.3, 0.4) is 0 Å². The van der Waals surface area contributed by atoms with Gasteiger partial charge in [-0.15, -0.1) is 0 Å². The van der Waals surface area contributed by atoms with Crippen molar-refractivity contribution in [2.45, 2.75) is 0 Å². The highest BCUT2D eigenvalue weighted by molar-refractivity contribution is 6.22. The van der Waals surface area contributed by atoms with Gasteiger partial charge in [0.05, 0.1) is 16.9 Å². The van der Waals surface area contributed by atoms with Crippen LogP contribution in [0.25, 0.3) is 133 Å². The van der Waals surface area contributed by atoms with E-state index in [0.29, 0.717) is 5.82 Å². The lowest BCUT2D eigenvalue weighted by Crippen LogP contribution is -1.96. The van der Waals surface area contributed by atoms with E-state index in [2.05, 4.69) is 170 Å². The van der Waals surface area contributed by atoms with Gasteiger partial charge in [-0.25, -0.2) is 15.0 Å². The van der Waals surface area contributed by atoms with Crippen molar-refractivity contribution in [3.8, 4) is 67.4 Å². The highest BCUT2D eigenvalue weighted by atomic mass is 16.3. The van der Waals surface area contributed by atoms with Crippen LogP contribution in [-0.2, 0) is 0 Å². The standard InChI is InChI=1S/C59H35N3O2/c1-2-14-38(15-3-1)50-35-51(39-29-27-37(28-30-39)44-22-12-24-47-45-20-6-8-25-53(45)63-57(44)47)62-59(61-50)42-18-10-17-40(33-42)41-31-32-48-52(34-41)60-56(46-23-11-16-36-13-4-5-19-43(36)46)58-55(48)49-21-7-9-26-54(49)64-58/h1-35H. The lowest BCUT2D eigenvalue weighted by atomic mass is 9.96. The molecule has 5 heteroatoms. The van der Waals surface area contributed by atoms with Crippen LogP contribution in [0.5, 0.6) is 0 Å². The average Bonchev–Trinajstić information content (AvgIpc) is 3.96. The zero-order valence-electron chi connectivity index (χ0n) is 34.4. The normalized spacial score (nSPS) is 11.8. The third-order valence-corrected chi connectivity index (χ3v) is 12.5. The van der Waals surface area contributed by atoms with E-state index in [9.17, 15) is 0 Å². The van der Waals surface area contributed by atoms with Gasteiger partial charge in [-0.1, -0.05) is 182 Å². The Morgan fingerprint density at radius 1 is 0.312 bits per heavy atom. The molecule has 0 saturated heterocycles. The monoisotopic (exact) mass is 817 g/mol. The first-order valence-corrected chi connectivity index (χ1v) is 21.5. The Bertz CT molecular complexity index is 3950. The number of rotatable bonds is 6. The first-order chi connectivity index (χ1) is 31.7. The highest BCUT2D eigenvalue weighted by Gasteiger charge is 2.20. The topological polar surface area (TPSA) is 65.0 Å². The van der Waals surface area contributed by atoms with E-state index in [1.165, 1.54) is 0 Å². The van der Waals surface area contributed by atoms with Crippen LogP contribution in [0.15, 0.2) is 221 Å². The molecule has 0 radical (unpaired) electrons. The maximum atomic E-state index is 6.63. The number of fused-ring (bicyclic) bond motifs is 9. The van der Waals surface area contributed by atoms with Gasteiger partial charge in [0.25, 0.3) is 0 Å². The van der Waals surface area contributed by atoms with Gasteiger partial charge in [-0.3, -0.25) is 0 Å². The minimum Gasteiger partial charge on any atom is -0.455 e. The molecule has 0 unspecified atom stereocenters. The second-order valence-corrected chi connectivity index (χ2v) is 16.3. The molecule has 4 heterocycles. The Balaban J connectivity index is 0.923. The number of furan rings is 2. The van der Waals surface area contributed by atoms with Crippen molar-refractivity contribution in [1.29, 1.82) is 0 Å². The molecule has 0 fully saturated rings. The van der Waals surface area contributed by atoms with Gasteiger partial charge in [-0.2, -0.15) is 0 Å². The summed E-state index contributed by atoms with van der Waals surface area (Å²) in [4.78, 5) is 15.8. The first kappa shape index (κ1) is 36.0. The van der Waals surface area contributed by atoms with Gasteiger partial charge in [0.15, 0.2) is 11.4 Å². The van der Waals surface area contributed by atoms with E-state index in [-0.39, 0.29) is 0 Å². The fourth-order valence-electron chi connectivity index (χ4n) is 9.39. The Morgan fingerprint density at radius 2 is 0.875 bits per heavy atom. The molecule has 13 aromatic rings. The smallest absolute Gasteiger partial charge is 0.162 e. The maximum Gasteiger partial charge on any atom is 0.162 e. The van der Waals surface area contributed by atoms with Crippen molar-refractivity contribution in [2.24, 2.45) is 0 Å². The van der Waals surface area contributed by atoms with E-state index in [1.807, 2.05) is 42.5 Å². The highest BCUT2D eigenvalue weighted by Crippen LogP contribution is 2.42. The lowest BCUT2D eigenvalue weighted by Gasteiger charge is -2.12. The van der Waals surface area contributed by atoms with E-state index in [4.69, 9.17) is 23.8 Å². The SMILES string of the molecule is c1ccc(-c2cc(-c3ccc(-c4cccc5c4oc4ccccc45)cc3)nc(-c3cccc(-c4ccc5c(c4)nc(-c4cccc6ccccc46)c4oc6ccccc6c45)c3)n2)cc1. The van der Waals surface area contributed by atoms with E-state index < -0.39 is 0 Å². The molecule has 13 rings (SSSR count). The molecule has 0 aliphatic rings. The molecule has 0 bridgehead atoms. The fraction of sp³-hybridized carbons (Fsp3) is 0. The van der Waals surface area contributed by atoms with E-state index in [0.717, 1.165) is 127 Å². The summed E-state index contributed by atoms with van der Waals surface area (Å²) >= 11 is 0. The van der Waals surface area contributed by atoms with Gasteiger partial charge < -0.3 is 8.83 Å². The lowest BCUT2D eigenvalue weighted by molar-refractivity contribution is 0.668. The molecule has 0 aliphatic carbocycles. The summed E-state index contributed by atoms with van der Waals surface area (Å²) in [6.07, 6.45) is 0. The number of pyridine rings is 1. The largest absolute Gasteiger partial charge is 0.455 e. The summed E-state index contributed by atoms with van der Waals surface area (Å²) in [6, 6.07) is 73.7. The molecule has 0 aliphatic heterocycles. The van der Waals surface area contributed by atoms with Crippen LogP contribution in [0, 0.1) is 0 Å². The van der Waals surface area contributed by atoms with Gasteiger partial charge in [0, 0.05) is 54.7 Å². The summed E-state index contributed by atoms with van der Waals surface area (Å²) < 4.78 is 13.0. The summed E-state index contributed by atoms with van der Waals surface area (Å²) in [6.45, 7) is 0. The van der Waals surface area contributed by atoms with Crippen LogP contribution in [0.1, 0.15) is 0 Å². The summed E-state index contributed by atoms with van der Waals surface area (Å²) in [5.41, 5.74) is 15.1. The molecular formula is C59H35N3O2. The Morgan fingerprint density at radius 3 is 1.72 bits per heavy atom. The Hall–Kier alpha value is -8.67. The van der Waals surface area contributed by atoms with E-state index in [1.54, 1.807) is 0 Å². The Kier molecular flexibility index (Phi) is 8.15. The third kappa shape index (κ3) is 5.90. The fourth-order valence-corrected chi connectivity index (χ4v) is 9.39. The van der Waals surface area contributed by atoms with Crippen molar-refractivity contribution in [3.05, 3.63) is 212 Å². The summed E-state index contributed by atoms with van der Waals surface area (Å²) in [5, 5.41) is 7.72. The molecule has 64 heavy (non-hydrogen) atoms. The molecule has 9 aromatic carbocycles. The number of benzene rings is 9. The molecule has 0 amide bonds. The molecule has 5 nitrogen and oxygen atoms in total. The van der Waals surface area contributed by atoms with Gasteiger partial charge in [0.2, 0.25) is 0 Å². The molecule has 298 valence electrons. The van der Waals surface area contributed by atoms with Crippen LogP contribution >= 0.6 is 0 Å². The second-order valence-electron chi connectivity index (χ2n) is 16.3. The number of hydrogen-bond acceptors (Lipinski definition) is 5. The van der Waals surface area contributed by atoms with E-state index >= 15 is 0 Å². The molecule has 4 aromatic heterocycles. The number of para-hydroxylation sites is 3. The molecule has 0 spiro atoms. The van der Waals surface area contributed by atoms with Crippen molar-refractivity contribution in [3.63, 3.8) is 0 Å². The van der Waals surface area contributed by atoms with Gasteiger partial charge >= 0.3 is 0 Å². The predicted octanol–water partition coefficient (Wildman–Crippen LogP) is 16.0. The van der Waals surface area contributed by atoms with Gasteiger partial charge in [-0.05, 0) is 57.8 Å². The zero-order chi connectivity index (χ0) is 42.1. The third-order valence-electron chi connectivity index (χ3n) is 12.5. The minimum atomic E-state index is 0.651. The van der Waals surface area contributed by atoms with Crippen LogP contribution in [0.4, 0.5) is 0 Å². The number of hydrogen-bond donors (Lipinski definition) is 0. The van der Waals surface area contributed by atoms with Crippen LogP contribution in [0.2, 0.25) is 0 Å². The van der Waals surface area contributed by atoms with Crippen molar-refractivity contribution in [1.82, 2.24) is 15.0 Å². The first-order valence-electron chi connectivity index (χ1n) is 21.5. The average molecular weight is 818 g/mol. The maximum absolute atomic E-state index is 6.63. The number of nitrogens with zero attached hydrogens (tertiary/aromatic N) is 3. The Labute approximate surface area is 367 Å². The van der Waals surface area contributed by atoms with Crippen LogP contribution < -0.4 is 0 Å². The van der Waals surface area contributed by atoms with Crippen molar-refractivity contribution in [2.75, 3.05) is 0 Å². The molecule has 0 atom stereocenters. The molecule has 0 N–H and O–H groups in total. The molecular weight excluding hydrogens is 783 g/mol. The summed E-state index contributed by atoms with van der Waals surface area (Å²) in [7, 11) is 0. The number of aromatic nitrogens is 3. The zero-order valence-corrected chi connectivity index (χ0v) is 34.4. The minimum absolute atomic E-state index is 0.651. The second kappa shape index (κ2) is 14.5. The van der Waals surface area contributed by atoms with Gasteiger partial charge in [0.1, 0.15) is 22.4 Å². The van der Waals surface area contributed by atoms with Crippen LogP contribution in [-0.4, -0.2) is 15.0 Å². The quantitative estimate of drug-likeness (QED) is 0.167.